The number of imide groups is 1. The Morgan fingerprint density at radius 2 is 1.83 bits per heavy atom. The number of rotatable bonds is 7. The lowest BCUT2D eigenvalue weighted by Crippen LogP contribution is -2.41. The van der Waals surface area contributed by atoms with Gasteiger partial charge in [0.15, 0.2) is 4.34 Å². The molecule has 2 heterocycles. The van der Waals surface area contributed by atoms with Gasteiger partial charge < -0.3 is 5.32 Å². The molecule has 0 saturated carbocycles. The van der Waals surface area contributed by atoms with Crippen molar-refractivity contribution >= 4 is 56.7 Å². The number of hydrogen-bond donors (Lipinski definition) is 1. The van der Waals surface area contributed by atoms with Crippen LogP contribution in [0.4, 0.5) is 5.13 Å². The van der Waals surface area contributed by atoms with Crippen molar-refractivity contribution < 1.29 is 14.4 Å². The first-order valence-corrected chi connectivity index (χ1v) is 10.6. The molecule has 4 rings (SSSR count). The van der Waals surface area contributed by atoms with Crippen LogP contribution in [0.15, 0.2) is 53.4 Å². The summed E-state index contributed by atoms with van der Waals surface area (Å²) < 4.78 is 0.728. The van der Waals surface area contributed by atoms with Gasteiger partial charge in [-0.3, -0.25) is 19.3 Å². The van der Waals surface area contributed by atoms with E-state index in [9.17, 15) is 14.4 Å². The van der Waals surface area contributed by atoms with E-state index in [0.717, 1.165) is 14.6 Å². The second-order valence-electron chi connectivity index (χ2n) is 6.24. The Kier molecular flexibility index (Phi) is 5.41. The molecule has 7 nitrogen and oxygen atoms in total. The van der Waals surface area contributed by atoms with Gasteiger partial charge in [0.05, 0.1) is 0 Å². The molecule has 3 aromatic rings. The molecular weight excluding hydrogens is 408 g/mol. The van der Waals surface area contributed by atoms with E-state index in [2.05, 4.69) is 22.1 Å². The summed E-state index contributed by atoms with van der Waals surface area (Å²) in [5.41, 5.74) is 0.956. The van der Waals surface area contributed by atoms with Crippen LogP contribution in [0.1, 0.15) is 27.1 Å². The fourth-order valence-electron chi connectivity index (χ4n) is 3.13. The molecular formula is C20H16N4O3S2. The molecule has 1 aliphatic heterocycles. The maximum Gasteiger partial charge on any atom is 0.261 e. The number of nitrogens with one attached hydrogen (secondary N) is 1. The van der Waals surface area contributed by atoms with Crippen molar-refractivity contribution in [2.24, 2.45) is 0 Å². The van der Waals surface area contributed by atoms with Gasteiger partial charge in [-0.15, -0.1) is 16.8 Å². The second-order valence-corrected chi connectivity index (χ2v) is 8.49. The van der Waals surface area contributed by atoms with Crippen molar-refractivity contribution in [2.75, 3.05) is 17.6 Å². The van der Waals surface area contributed by atoms with E-state index < -0.39 is 0 Å². The first-order valence-electron chi connectivity index (χ1n) is 8.83. The molecule has 1 aliphatic rings. The van der Waals surface area contributed by atoms with Crippen molar-refractivity contribution in [2.45, 2.75) is 10.8 Å². The molecule has 0 bridgehead atoms. The lowest BCUT2D eigenvalue weighted by molar-refractivity contribution is -0.116. The molecule has 0 radical (unpaired) electrons. The smallest absolute Gasteiger partial charge is 0.261 e. The highest BCUT2D eigenvalue weighted by atomic mass is 32.2. The molecule has 0 fully saturated rings. The SMILES string of the molecule is C=CCSc1nnc(NC(=O)CCN2C(=O)c3cccc4cccc(c34)C2=O)s1. The molecule has 1 aromatic heterocycles. The van der Waals surface area contributed by atoms with Crippen LogP contribution in [0.3, 0.4) is 0 Å². The molecule has 146 valence electrons. The summed E-state index contributed by atoms with van der Waals surface area (Å²) in [6.07, 6.45) is 1.74. The fraction of sp³-hybridized carbons (Fsp3) is 0.150. The van der Waals surface area contributed by atoms with E-state index in [4.69, 9.17) is 0 Å². The van der Waals surface area contributed by atoms with Crippen molar-refractivity contribution in [3.8, 4) is 0 Å². The lowest BCUT2D eigenvalue weighted by Gasteiger charge is -2.26. The number of amides is 3. The van der Waals surface area contributed by atoms with Gasteiger partial charge in [-0.25, -0.2) is 0 Å². The van der Waals surface area contributed by atoms with Gasteiger partial charge in [0.2, 0.25) is 11.0 Å². The third kappa shape index (κ3) is 3.79. The third-order valence-electron chi connectivity index (χ3n) is 4.40. The first kappa shape index (κ1) is 19.3. The number of nitrogens with zero attached hydrogens (tertiary/aromatic N) is 3. The Balaban J connectivity index is 1.44. The van der Waals surface area contributed by atoms with Crippen LogP contribution in [0, 0.1) is 0 Å². The summed E-state index contributed by atoms with van der Waals surface area (Å²) in [4.78, 5) is 39.1. The average molecular weight is 425 g/mol. The number of benzene rings is 2. The normalized spacial score (nSPS) is 13.0. The maximum atomic E-state index is 12.8. The van der Waals surface area contributed by atoms with Gasteiger partial charge in [0, 0.05) is 35.2 Å². The van der Waals surface area contributed by atoms with Crippen LogP contribution in [0.25, 0.3) is 10.8 Å². The molecule has 9 heteroatoms. The number of aromatic nitrogens is 2. The van der Waals surface area contributed by atoms with E-state index in [-0.39, 0.29) is 30.7 Å². The van der Waals surface area contributed by atoms with Gasteiger partial charge in [-0.1, -0.05) is 53.4 Å². The van der Waals surface area contributed by atoms with Gasteiger partial charge in [-0.05, 0) is 17.5 Å². The van der Waals surface area contributed by atoms with E-state index in [1.165, 1.54) is 23.1 Å². The zero-order chi connectivity index (χ0) is 20.4. The number of carbonyl (C=O) groups excluding carboxylic acids is 3. The highest BCUT2D eigenvalue weighted by Gasteiger charge is 2.32. The van der Waals surface area contributed by atoms with Crippen LogP contribution >= 0.6 is 23.1 Å². The minimum absolute atomic E-state index is 0.00883. The van der Waals surface area contributed by atoms with Crippen LogP contribution in [0.5, 0.6) is 0 Å². The van der Waals surface area contributed by atoms with Crippen molar-refractivity contribution in [3.63, 3.8) is 0 Å². The molecule has 0 aliphatic carbocycles. The van der Waals surface area contributed by atoms with Crippen LogP contribution in [-0.2, 0) is 4.79 Å². The predicted molar refractivity (Wildman–Crippen MR) is 113 cm³/mol. The first-order chi connectivity index (χ1) is 14.1. The standard InChI is InChI=1S/C20H16N4O3S2/c1-2-11-28-20-23-22-19(29-20)21-15(25)9-10-24-17(26)13-7-3-5-12-6-4-8-14(16(12)13)18(24)27/h2-8H,1,9-11H2,(H,21,22,25). The van der Waals surface area contributed by atoms with E-state index in [1.54, 1.807) is 30.3 Å². The monoisotopic (exact) mass is 424 g/mol. The highest BCUT2D eigenvalue weighted by Crippen LogP contribution is 2.30. The summed E-state index contributed by atoms with van der Waals surface area (Å²) in [7, 11) is 0. The summed E-state index contributed by atoms with van der Waals surface area (Å²) in [5.74, 6) is -0.396. The molecule has 29 heavy (non-hydrogen) atoms. The third-order valence-corrected chi connectivity index (χ3v) is 6.36. The molecule has 0 unspecified atom stereocenters. The van der Waals surface area contributed by atoms with Crippen molar-refractivity contribution in [3.05, 3.63) is 60.2 Å². The molecule has 0 spiro atoms. The number of hydrogen-bond acceptors (Lipinski definition) is 7. The molecule has 3 amide bonds. The van der Waals surface area contributed by atoms with Crippen LogP contribution in [0.2, 0.25) is 0 Å². The minimum atomic E-state index is -0.383. The largest absolute Gasteiger partial charge is 0.300 e. The van der Waals surface area contributed by atoms with Crippen LogP contribution in [-0.4, -0.2) is 45.1 Å². The maximum absolute atomic E-state index is 12.8. The Morgan fingerprint density at radius 1 is 1.14 bits per heavy atom. The fourth-order valence-corrected chi connectivity index (χ4v) is 4.66. The number of carbonyl (C=O) groups is 3. The van der Waals surface area contributed by atoms with Crippen LogP contribution < -0.4 is 5.32 Å². The average Bonchev–Trinajstić information content (AvgIpc) is 3.17. The summed E-state index contributed by atoms with van der Waals surface area (Å²) in [6, 6.07) is 10.7. The molecule has 0 atom stereocenters. The molecule has 2 aromatic carbocycles. The minimum Gasteiger partial charge on any atom is -0.300 e. The van der Waals surface area contributed by atoms with Gasteiger partial charge in [0.1, 0.15) is 0 Å². The number of anilines is 1. The molecule has 1 N–H and O–H groups in total. The Morgan fingerprint density at radius 3 is 2.48 bits per heavy atom. The van der Waals surface area contributed by atoms with Gasteiger partial charge >= 0.3 is 0 Å². The number of thioether (sulfide) groups is 1. The van der Waals surface area contributed by atoms with Crippen molar-refractivity contribution in [1.82, 2.24) is 15.1 Å². The zero-order valence-electron chi connectivity index (χ0n) is 15.3. The summed E-state index contributed by atoms with van der Waals surface area (Å²) in [5, 5.41) is 12.5. The van der Waals surface area contributed by atoms with E-state index >= 15 is 0 Å². The molecule has 0 saturated heterocycles. The predicted octanol–water partition coefficient (Wildman–Crippen LogP) is 3.59. The highest BCUT2D eigenvalue weighted by molar-refractivity contribution is 8.01. The van der Waals surface area contributed by atoms with Gasteiger partial charge in [-0.2, -0.15) is 0 Å². The van der Waals surface area contributed by atoms with E-state index in [1.807, 2.05) is 12.1 Å². The quantitative estimate of drug-likeness (QED) is 0.270. The Hall–Kier alpha value is -3.04. The van der Waals surface area contributed by atoms with Crippen molar-refractivity contribution in [1.29, 1.82) is 0 Å². The lowest BCUT2D eigenvalue weighted by atomic mass is 9.94. The Labute approximate surface area is 174 Å². The summed E-state index contributed by atoms with van der Waals surface area (Å²) >= 11 is 2.74. The van der Waals surface area contributed by atoms with E-state index in [0.29, 0.717) is 27.4 Å². The summed E-state index contributed by atoms with van der Waals surface area (Å²) in [6.45, 7) is 3.64. The Bertz CT molecular complexity index is 1090. The van der Waals surface area contributed by atoms with Gasteiger partial charge in [0.25, 0.3) is 11.8 Å². The zero-order valence-corrected chi connectivity index (χ0v) is 16.9. The topological polar surface area (TPSA) is 92.3 Å². The second kappa shape index (κ2) is 8.14.